The van der Waals surface area contributed by atoms with Crippen LogP contribution in [0.5, 0.6) is 0 Å². The Morgan fingerprint density at radius 2 is 1.80 bits per heavy atom. The lowest BCUT2D eigenvalue weighted by Crippen LogP contribution is -2.45. The molecule has 0 saturated carbocycles. The van der Waals surface area contributed by atoms with Crippen LogP contribution in [0.3, 0.4) is 0 Å². The number of piperidine rings is 1. The molecule has 2 aliphatic rings. The predicted molar refractivity (Wildman–Crippen MR) is 81.5 cm³/mol. The molecule has 4 heteroatoms. The molecule has 0 spiro atoms. The number of halogens is 1. The van der Waals surface area contributed by atoms with Crippen LogP contribution in [0.2, 0.25) is 0 Å². The van der Waals surface area contributed by atoms with Crippen molar-refractivity contribution in [2.24, 2.45) is 5.92 Å². The highest BCUT2D eigenvalue weighted by Gasteiger charge is 2.30. The minimum atomic E-state index is 0.380. The van der Waals surface area contributed by atoms with Crippen molar-refractivity contribution in [3.63, 3.8) is 0 Å². The fourth-order valence-corrected chi connectivity index (χ4v) is 3.25. The summed E-state index contributed by atoms with van der Waals surface area (Å²) in [6.45, 7) is 9.01. The van der Waals surface area contributed by atoms with Gasteiger partial charge in [-0.05, 0) is 51.1 Å². The van der Waals surface area contributed by atoms with E-state index in [4.69, 9.17) is 0 Å². The SMILES string of the molecule is CCCC(=O)N1CCCC1CN1CCC(C)CC1.CF. The summed E-state index contributed by atoms with van der Waals surface area (Å²) in [5, 5.41) is 0. The molecule has 2 rings (SSSR count). The van der Waals surface area contributed by atoms with Crippen LogP contribution in [-0.4, -0.2) is 55.1 Å². The maximum absolute atomic E-state index is 12.1. The molecule has 0 radical (unpaired) electrons. The molecule has 0 aromatic carbocycles. The highest BCUT2D eigenvalue weighted by molar-refractivity contribution is 5.76. The summed E-state index contributed by atoms with van der Waals surface area (Å²) >= 11 is 0. The third kappa shape index (κ3) is 5.04. The van der Waals surface area contributed by atoms with Gasteiger partial charge in [-0.15, -0.1) is 0 Å². The zero-order valence-corrected chi connectivity index (χ0v) is 13.4. The van der Waals surface area contributed by atoms with Gasteiger partial charge in [0.15, 0.2) is 0 Å². The second-order valence-corrected chi connectivity index (χ2v) is 6.12. The second-order valence-electron chi connectivity index (χ2n) is 6.12. The summed E-state index contributed by atoms with van der Waals surface area (Å²) in [7, 11) is 0.500. The van der Waals surface area contributed by atoms with Crippen LogP contribution in [0.4, 0.5) is 4.39 Å². The highest BCUT2D eigenvalue weighted by Crippen LogP contribution is 2.22. The fourth-order valence-electron chi connectivity index (χ4n) is 3.25. The van der Waals surface area contributed by atoms with Crippen molar-refractivity contribution in [3.05, 3.63) is 0 Å². The van der Waals surface area contributed by atoms with Crippen molar-refractivity contribution < 1.29 is 9.18 Å². The molecular formula is C16H31FN2O. The number of carbonyl (C=O) groups is 1. The molecule has 0 aromatic rings. The summed E-state index contributed by atoms with van der Waals surface area (Å²) in [5.41, 5.74) is 0. The van der Waals surface area contributed by atoms with Gasteiger partial charge >= 0.3 is 0 Å². The number of nitrogens with zero attached hydrogens (tertiary/aromatic N) is 2. The number of carbonyl (C=O) groups excluding carboxylic acids is 1. The van der Waals surface area contributed by atoms with E-state index >= 15 is 0 Å². The van der Waals surface area contributed by atoms with Gasteiger partial charge in [-0.25, -0.2) is 0 Å². The first kappa shape index (κ1) is 17.4. The molecule has 3 nitrogen and oxygen atoms in total. The van der Waals surface area contributed by atoms with Gasteiger partial charge in [0.25, 0.3) is 0 Å². The smallest absolute Gasteiger partial charge is 0.222 e. The minimum absolute atomic E-state index is 0.380. The van der Waals surface area contributed by atoms with Crippen LogP contribution < -0.4 is 0 Å². The van der Waals surface area contributed by atoms with E-state index in [9.17, 15) is 9.18 Å². The molecule has 0 aliphatic carbocycles. The first-order chi connectivity index (χ1) is 9.70. The number of likely N-dealkylation sites (tertiary alicyclic amines) is 2. The standard InChI is InChI=1S/C15H28N2O.CH3F/c1-3-5-15(18)17-9-4-6-14(17)12-16-10-7-13(2)8-11-16;1-2/h13-14H,3-12H2,1-2H3;1H3. The van der Waals surface area contributed by atoms with Gasteiger partial charge in [-0.3, -0.25) is 9.18 Å². The topological polar surface area (TPSA) is 23.6 Å². The summed E-state index contributed by atoms with van der Waals surface area (Å²) in [5.74, 6) is 1.27. The van der Waals surface area contributed by atoms with Crippen LogP contribution in [0.15, 0.2) is 0 Å². The van der Waals surface area contributed by atoms with Gasteiger partial charge in [-0.1, -0.05) is 13.8 Å². The average molecular weight is 286 g/mol. The molecule has 1 atom stereocenters. The Balaban J connectivity index is 0.000000956. The molecule has 0 bridgehead atoms. The molecule has 2 fully saturated rings. The van der Waals surface area contributed by atoms with Gasteiger partial charge < -0.3 is 9.80 Å². The fraction of sp³-hybridized carbons (Fsp3) is 0.938. The molecule has 0 aromatic heterocycles. The number of amides is 1. The molecule has 1 amide bonds. The van der Waals surface area contributed by atoms with Crippen molar-refractivity contribution >= 4 is 5.91 Å². The van der Waals surface area contributed by atoms with Crippen molar-refractivity contribution in [1.82, 2.24) is 9.80 Å². The normalized spacial score (nSPS) is 24.4. The third-order valence-electron chi connectivity index (χ3n) is 4.51. The van der Waals surface area contributed by atoms with Gasteiger partial charge in [0.1, 0.15) is 0 Å². The maximum Gasteiger partial charge on any atom is 0.222 e. The van der Waals surface area contributed by atoms with E-state index in [-0.39, 0.29) is 0 Å². The Hall–Kier alpha value is -0.640. The van der Waals surface area contributed by atoms with E-state index in [0.717, 1.165) is 31.8 Å². The summed E-state index contributed by atoms with van der Waals surface area (Å²) < 4.78 is 9.50. The minimum Gasteiger partial charge on any atom is -0.338 e. The van der Waals surface area contributed by atoms with E-state index < -0.39 is 0 Å². The van der Waals surface area contributed by atoms with E-state index in [1.807, 2.05) is 0 Å². The summed E-state index contributed by atoms with van der Waals surface area (Å²) in [6.07, 6.45) is 6.77. The van der Waals surface area contributed by atoms with Gasteiger partial charge in [0.05, 0.1) is 7.18 Å². The van der Waals surface area contributed by atoms with Gasteiger partial charge in [0, 0.05) is 25.6 Å². The van der Waals surface area contributed by atoms with Gasteiger partial charge in [-0.2, -0.15) is 0 Å². The molecule has 2 heterocycles. The molecule has 20 heavy (non-hydrogen) atoms. The molecule has 2 saturated heterocycles. The molecule has 0 N–H and O–H groups in total. The lowest BCUT2D eigenvalue weighted by molar-refractivity contribution is -0.132. The van der Waals surface area contributed by atoms with Crippen molar-refractivity contribution in [2.45, 2.75) is 58.4 Å². The molecule has 2 aliphatic heterocycles. The monoisotopic (exact) mass is 286 g/mol. The average Bonchev–Trinajstić information content (AvgIpc) is 2.92. The van der Waals surface area contributed by atoms with E-state index in [2.05, 4.69) is 23.6 Å². The number of alkyl halides is 1. The predicted octanol–water partition coefficient (Wildman–Crippen LogP) is 3.10. The van der Waals surface area contributed by atoms with Crippen molar-refractivity contribution in [2.75, 3.05) is 33.4 Å². The third-order valence-corrected chi connectivity index (χ3v) is 4.51. The van der Waals surface area contributed by atoms with E-state index in [0.29, 0.717) is 19.1 Å². The van der Waals surface area contributed by atoms with Crippen LogP contribution >= 0.6 is 0 Å². The van der Waals surface area contributed by atoms with Crippen LogP contribution in [-0.2, 0) is 4.79 Å². The van der Waals surface area contributed by atoms with E-state index in [1.54, 1.807) is 0 Å². The lowest BCUT2D eigenvalue weighted by Gasteiger charge is -2.34. The van der Waals surface area contributed by atoms with Crippen molar-refractivity contribution in [1.29, 1.82) is 0 Å². The Bertz CT molecular complexity index is 278. The Kier molecular flexibility index (Phi) is 8.12. The van der Waals surface area contributed by atoms with Crippen LogP contribution in [0, 0.1) is 5.92 Å². The largest absolute Gasteiger partial charge is 0.338 e. The highest BCUT2D eigenvalue weighted by atomic mass is 19.1. The number of hydrogen-bond acceptors (Lipinski definition) is 2. The quantitative estimate of drug-likeness (QED) is 0.793. The Morgan fingerprint density at radius 3 is 2.40 bits per heavy atom. The first-order valence-corrected chi connectivity index (χ1v) is 8.10. The zero-order chi connectivity index (χ0) is 15.0. The maximum atomic E-state index is 12.1. The molecule has 118 valence electrons. The van der Waals surface area contributed by atoms with Crippen LogP contribution in [0.25, 0.3) is 0 Å². The molecular weight excluding hydrogens is 255 g/mol. The molecule has 1 unspecified atom stereocenters. The zero-order valence-electron chi connectivity index (χ0n) is 13.4. The Labute approximate surface area is 123 Å². The lowest BCUT2D eigenvalue weighted by atomic mass is 9.98. The van der Waals surface area contributed by atoms with Crippen LogP contribution in [0.1, 0.15) is 52.4 Å². The summed E-state index contributed by atoms with van der Waals surface area (Å²) in [6, 6.07) is 0.498. The number of hydrogen-bond donors (Lipinski definition) is 0. The van der Waals surface area contributed by atoms with Crippen molar-refractivity contribution in [3.8, 4) is 0 Å². The van der Waals surface area contributed by atoms with E-state index in [1.165, 1.54) is 38.8 Å². The second kappa shape index (κ2) is 9.32. The number of rotatable bonds is 4. The summed E-state index contributed by atoms with van der Waals surface area (Å²) in [4.78, 5) is 16.8. The Morgan fingerprint density at radius 1 is 1.15 bits per heavy atom. The van der Waals surface area contributed by atoms with Gasteiger partial charge in [0.2, 0.25) is 5.91 Å². The first-order valence-electron chi connectivity index (χ1n) is 8.10.